The van der Waals surface area contributed by atoms with Crippen molar-refractivity contribution in [3.8, 4) is 17.2 Å². The average Bonchev–Trinajstić information content (AvgIpc) is 3.39. The molecule has 0 radical (unpaired) electrons. The SMILES string of the molecule is CN(CC(=O)Nc1ccc(Oc2ccc(Cl)c(Cl)c2)c(F)c1)C(COc1ccccc1Cl)c1nn[nH]n1. The number of H-pyrrole nitrogens is 1. The zero-order chi connectivity index (χ0) is 26.4. The van der Waals surface area contributed by atoms with Gasteiger partial charge >= 0.3 is 0 Å². The summed E-state index contributed by atoms with van der Waals surface area (Å²) in [5, 5.41) is 17.8. The van der Waals surface area contributed by atoms with Gasteiger partial charge in [0.2, 0.25) is 5.91 Å². The molecule has 192 valence electrons. The Morgan fingerprint density at radius 2 is 1.86 bits per heavy atom. The maximum absolute atomic E-state index is 14.6. The maximum Gasteiger partial charge on any atom is 0.238 e. The van der Waals surface area contributed by atoms with Gasteiger partial charge in [0.05, 0.1) is 21.6 Å². The van der Waals surface area contributed by atoms with Gasteiger partial charge in [-0.05, 0) is 43.4 Å². The third-order valence-corrected chi connectivity index (χ3v) is 6.20. The molecule has 13 heteroatoms. The van der Waals surface area contributed by atoms with Gasteiger partial charge in [0, 0.05) is 17.8 Å². The minimum Gasteiger partial charge on any atom is -0.490 e. The minimum atomic E-state index is -0.671. The lowest BCUT2D eigenvalue weighted by atomic mass is 10.2. The molecule has 0 saturated heterocycles. The standard InChI is InChI=1S/C24H20Cl3FN6O3/c1-34(20(24-30-32-33-31-24)13-36-21-5-3-2-4-17(21)26)12-23(35)29-14-6-9-22(19(28)10-14)37-15-7-8-16(25)18(27)11-15/h2-11,20H,12-13H2,1H3,(H,29,35)(H,30,31,32,33). The van der Waals surface area contributed by atoms with E-state index in [1.54, 1.807) is 48.3 Å². The van der Waals surface area contributed by atoms with Gasteiger partial charge in [-0.3, -0.25) is 9.69 Å². The van der Waals surface area contributed by atoms with Crippen LogP contribution in [0.1, 0.15) is 11.9 Å². The fourth-order valence-electron chi connectivity index (χ4n) is 3.31. The highest BCUT2D eigenvalue weighted by Crippen LogP contribution is 2.31. The highest BCUT2D eigenvalue weighted by atomic mass is 35.5. The Labute approximate surface area is 226 Å². The number of halogens is 4. The van der Waals surface area contributed by atoms with Crippen LogP contribution in [0.15, 0.2) is 60.7 Å². The molecule has 9 nitrogen and oxygen atoms in total. The van der Waals surface area contributed by atoms with Crippen molar-refractivity contribution in [3.05, 3.63) is 87.4 Å². The van der Waals surface area contributed by atoms with Crippen LogP contribution in [0.2, 0.25) is 15.1 Å². The molecule has 0 fully saturated rings. The fraction of sp³-hybridized carbons (Fsp3) is 0.167. The summed E-state index contributed by atoms with van der Waals surface area (Å²) in [4.78, 5) is 14.4. The van der Waals surface area contributed by atoms with Gasteiger partial charge in [-0.1, -0.05) is 52.1 Å². The Balaban J connectivity index is 1.38. The number of rotatable bonds is 10. The Kier molecular flexibility index (Phi) is 8.78. The average molecular weight is 566 g/mol. The van der Waals surface area contributed by atoms with Gasteiger partial charge in [-0.2, -0.15) is 5.21 Å². The predicted octanol–water partition coefficient (Wildman–Crippen LogP) is 5.78. The topological polar surface area (TPSA) is 105 Å². The van der Waals surface area contributed by atoms with E-state index in [0.29, 0.717) is 27.4 Å². The van der Waals surface area contributed by atoms with E-state index in [2.05, 4.69) is 25.9 Å². The largest absolute Gasteiger partial charge is 0.490 e. The first kappa shape index (κ1) is 26.6. The van der Waals surface area contributed by atoms with Crippen molar-refractivity contribution in [1.29, 1.82) is 0 Å². The van der Waals surface area contributed by atoms with E-state index in [9.17, 15) is 9.18 Å². The molecule has 2 N–H and O–H groups in total. The van der Waals surface area contributed by atoms with Gasteiger partial charge < -0.3 is 14.8 Å². The number of benzene rings is 3. The zero-order valence-electron chi connectivity index (χ0n) is 19.3. The number of carbonyl (C=O) groups is 1. The van der Waals surface area contributed by atoms with Gasteiger partial charge in [0.25, 0.3) is 0 Å². The first-order valence-electron chi connectivity index (χ1n) is 10.8. The van der Waals surface area contributed by atoms with E-state index in [-0.39, 0.29) is 29.6 Å². The third-order valence-electron chi connectivity index (χ3n) is 5.15. The van der Waals surface area contributed by atoms with Crippen LogP contribution in [-0.4, -0.2) is 51.6 Å². The number of amides is 1. The second-order valence-corrected chi connectivity index (χ2v) is 9.04. The van der Waals surface area contributed by atoms with E-state index >= 15 is 0 Å². The predicted molar refractivity (Wildman–Crippen MR) is 138 cm³/mol. The van der Waals surface area contributed by atoms with Crippen LogP contribution in [0.4, 0.5) is 10.1 Å². The molecule has 0 saturated carbocycles. The Hall–Kier alpha value is -3.44. The van der Waals surface area contributed by atoms with E-state index < -0.39 is 17.8 Å². The van der Waals surface area contributed by atoms with Gasteiger partial charge in [-0.25, -0.2) is 4.39 Å². The summed E-state index contributed by atoms with van der Waals surface area (Å²) in [5.41, 5.74) is 0.251. The molecule has 3 aromatic carbocycles. The smallest absolute Gasteiger partial charge is 0.238 e. The second-order valence-electron chi connectivity index (χ2n) is 7.81. The van der Waals surface area contributed by atoms with Crippen LogP contribution in [0.5, 0.6) is 17.2 Å². The lowest BCUT2D eigenvalue weighted by Crippen LogP contribution is -2.36. The molecule has 0 aliphatic rings. The van der Waals surface area contributed by atoms with Gasteiger partial charge in [0.15, 0.2) is 17.4 Å². The number of aromatic nitrogens is 4. The summed E-state index contributed by atoms with van der Waals surface area (Å²) < 4.78 is 26.0. The van der Waals surface area contributed by atoms with E-state index in [4.69, 9.17) is 44.3 Å². The number of carbonyl (C=O) groups excluding carboxylic acids is 1. The summed E-state index contributed by atoms with van der Waals surface area (Å²) in [6, 6.07) is 15.1. The lowest BCUT2D eigenvalue weighted by molar-refractivity contribution is -0.117. The number of aromatic amines is 1. The monoisotopic (exact) mass is 564 g/mol. The highest BCUT2D eigenvalue weighted by Gasteiger charge is 2.25. The molecule has 0 aliphatic carbocycles. The molecule has 1 amide bonds. The fourth-order valence-corrected chi connectivity index (χ4v) is 3.78. The molecule has 4 aromatic rings. The maximum atomic E-state index is 14.6. The number of hydrogen-bond acceptors (Lipinski definition) is 7. The number of anilines is 1. The molecule has 0 bridgehead atoms. The van der Waals surface area contributed by atoms with Crippen molar-refractivity contribution < 1.29 is 18.7 Å². The first-order valence-corrected chi connectivity index (χ1v) is 12.0. The van der Waals surface area contributed by atoms with E-state index in [1.165, 1.54) is 18.2 Å². The van der Waals surface area contributed by atoms with Crippen LogP contribution in [0.3, 0.4) is 0 Å². The highest BCUT2D eigenvalue weighted by molar-refractivity contribution is 6.42. The lowest BCUT2D eigenvalue weighted by Gasteiger charge is -2.25. The normalized spacial score (nSPS) is 11.8. The quantitative estimate of drug-likeness (QED) is 0.251. The Morgan fingerprint density at radius 3 is 2.57 bits per heavy atom. The summed E-state index contributed by atoms with van der Waals surface area (Å²) in [7, 11) is 1.70. The number of hydrogen-bond donors (Lipinski definition) is 2. The third kappa shape index (κ3) is 7.07. The first-order chi connectivity index (χ1) is 17.8. The molecule has 0 spiro atoms. The number of nitrogens with one attached hydrogen (secondary N) is 2. The Bertz CT molecular complexity index is 1380. The van der Waals surface area contributed by atoms with Crippen molar-refractivity contribution in [2.24, 2.45) is 0 Å². The van der Waals surface area contributed by atoms with Crippen LogP contribution in [0.25, 0.3) is 0 Å². The summed E-state index contributed by atoms with van der Waals surface area (Å²) in [6.45, 7) is 0.0245. The number of tetrazole rings is 1. The van der Waals surface area contributed by atoms with E-state index in [0.717, 1.165) is 6.07 Å². The molecule has 1 atom stereocenters. The van der Waals surface area contributed by atoms with Crippen LogP contribution in [-0.2, 0) is 4.79 Å². The van der Waals surface area contributed by atoms with Crippen LogP contribution >= 0.6 is 34.8 Å². The number of ether oxygens (including phenoxy) is 2. The molecular formula is C24H20Cl3FN6O3. The second kappa shape index (κ2) is 12.2. The van der Waals surface area contributed by atoms with Crippen molar-refractivity contribution in [1.82, 2.24) is 25.5 Å². The molecule has 37 heavy (non-hydrogen) atoms. The summed E-state index contributed by atoms with van der Waals surface area (Å²) in [5.74, 6) is 0.0216. The van der Waals surface area contributed by atoms with Crippen molar-refractivity contribution >= 4 is 46.4 Å². The van der Waals surface area contributed by atoms with Crippen LogP contribution in [0, 0.1) is 5.82 Å². The zero-order valence-corrected chi connectivity index (χ0v) is 21.6. The van der Waals surface area contributed by atoms with Crippen LogP contribution < -0.4 is 14.8 Å². The molecule has 1 aromatic heterocycles. The molecule has 4 rings (SSSR count). The minimum absolute atomic E-state index is 0.0394. The van der Waals surface area contributed by atoms with Crippen molar-refractivity contribution in [3.63, 3.8) is 0 Å². The number of para-hydroxylation sites is 1. The molecular weight excluding hydrogens is 546 g/mol. The summed E-state index contributed by atoms with van der Waals surface area (Å²) in [6.07, 6.45) is 0. The summed E-state index contributed by atoms with van der Waals surface area (Å²) >= 11 is 18.0. The number of likely N-dealkylation sites (N-methyl/N-ethyl adjacent to an activating group) is 1. The number of nitrogens with zero attached hydrogens (tertiary/aromatic N) is 4. The van der Waals surface area contributed by atoms with Crippen molar-refractivity contribution in [2.75, 3.05) is 25.5 Å². The van der Waals surface area contributed by atoms with Crippen molar-refractivity contribution in [2.45, 2.75) is 6.04 Å². The molecule has 1 unspecified atom stereocenters. The Morgan fingerprint density at radius 1 is 1.05 bits per heavy atom. The van der Waals surface area contributed by atoms with Gasteiger partial charge in [-0.15, -0.1) is 10.2 Å². The molecule has 1 heterocycles. The molecule has 0 aliphatic heterocycles. The van der Waals surface area contributed by atoms with E-state index in [1.807, 2.05) is 0 Å². The van der Waals surface area contributed by atoms with Gasteiger partial charge in [0.1, 0.15) is 24.1 Å².